The number of hydrogen-bond acceptors (Lipinski definition) is 2. The molecule has 1 rings (SSSR count). The van der Waals surface area contributed by atoms with Gasteiger partial charge >= 0.3 is 0 Å². The second-order valence-corrected chi connectivity index (χ2v) is 1.30. The highest BCUT2D eigenvalue weighted by atomic mass is 16.5. The third kappa shape index (κ3) is 0.652. The summed E-state index contributed by atoms with van der Waals surface area (Å²) in [4.78, 5) is 0. The van der Waals surface area contributed by atoms with Crippen LogP contribution in [0.1, 0.15) is 0 Å². The number of aromatic nitrogens is 1. The second-order valence-electron chi connectivity index (χ2n) is 1.30. The van der Waals surface area contributed by atoms with E-state index in [1.165, 1.54) is 12.4 Å². The number of nitrogens with two attached hydrogens (primary N) is 1. The van der Waals surface area contributed by atoms with Crippen molar-refractivity contribution in [1.29, 1.82) is 0 Å². The van der Waals surface area contributed by atoms with E-state index in [4.69, 9.17) is 5.73 Å². The fourth-order valence-corrected chi connectivity index (χ4v) is 0.393. The van der Waals surface area contributed by atoms with Crippen LogP contribution in [0, 0.1) is 5.21 Å². The van der Waals surface area contributed by atoms with Crippen molar-refractivity contribution in [3.63, 3.8) is 0 Å². The molecule has 3 nitrogen and oxygen atoms in total. The minimum Gasteiger partial charge on any atom is -0.806 e. The summed E-state index contributed by atoms with van der Waals surface area (Å²) in [6, 6.07) is 1.55. The fraction of sp³-hybridized carbons (Fsp3) is 0. The summed E-state index contributed by atoms with van der Waals surface area (Å²) in [7, 11) is 0. The molecule has 0 aliphatic carbocycles. The van der Waals surface area contributed by atoms with Crippen molar-refractivity contribution in [3.05, 3.63) is 23.7 Å². The third-order valence-electron chi connectivity index (χ3n) is 0.690. The Bertz CT molecular complexity index is 142. The van der Waals surface area contributed by atoms with Gasteiger partial charge in [-0.3, -0.25) is 0 Å². The fourth-order valence-electron chi connectivity index (χ4n) is 0.393. The van der Waals surface area contributed by atoms with Gasteiger partial charge in [0, 0.05) is 18.1 Å². The van der Waals surface area contributed by atoms with Gasteiger partial charge in [0.2, 0.25) is 0 Å². The van der Waals surface area contributed by atoms with Gasteiger partial charge in [-0.2, -0.15) is 0 Å². The molecular weight excluding hydrogens is 92.1 g/mol. The molecule has 0 saturated carbocycles. The standard InChI is InChI=1S/C4H5N2O/c5-4-1-2-6(7)3-4/h1-3H,5H2/q-1. The molecule has 1 aromatic heterocycles. The molecule has 1 aromatic rings. The number of nitrogens with zero attached hydrogens (tertiary/aromatic N) is 1. The maximum atomic E-state index is 10.1. The van der Waals surface area contributed by atoms with Crippen molar-refractivity contribution < 1.29 is 0 Å². The van der Waals surface area contributed by atoms with Crippen molar-refractivity contribution in [2.24, 2.45) is 0 Å². The normalized spacial score (nSPS) is 9.14. The monoisotopic (exact) mass is 97.0 g/mol. The Labute approximate surface area is 40.9 Å². The maximum absolute atomic E-state index is 10.1. The van der Waals surface area contributed by atoms with Crippen LogP contribution in [0.5, 0.6) is 0 Å². The van der Waals surface area contributed by atoms with E-state index in [9.17, 15) is 5.21 Å². The molecule has 0 fully saturated rings. The lowest BCUT2D eigenvalue weighted by molar-refractivity contribution is 1.10. The molecule has 38 valence electrons. The summed E-state index contributed by atoms with van der Waals surface area (Å²) in [5, 5.41) is 10.1. The molecule has 0 atom stereocenters. The second kappa shape index (κ2) is 1.18. The summed E-state index contributed by atoms with van der Waals surface area (Å²) in [6.45, 7) is 0. The van der Waals surface area contributed by atoms with E-state index in [1.807, 2.05) is 0 Å². The van der Waals surface area contributed by atoms with Crippen molar-refractivity contribution >= 4 is 5.69 Å². The number of hydrogen-bond donors (Lipinski definition) is 1. The molecule has 0 saturated heterocycles. The highest BCUT2D eigenvalue weighted by Crippen LogP contribution is 1.97. The van der Waals surface area contributed by atoms with Crippen molar-refractivity contribution in [2.45, 2.75) is 0 Å². The average molecular weight is 97.1 g/mol. The van der Waals surface area contributed by atoms with Gasteiger partial charge in [-0.1, -0.05) is 0 Å². The van der Waals surface area contributed by atoms with Gasteiger partial charge in [-0.05, 0) is 6.07 Å². The molecule has 0 spiro atoms. The van der Waals surface area contributed by atoms with E-state index in [0.717, 1.165) is 0 Å². The molecular formula is C4H5N2O-. The SMILES string of the molecule is Nc1ccn([O-])c1. The predicted octanol–water partition coefficient (Wildman–Crippen LogP) is 0.416. The first-order valence-electron chi connectivity index (χ1n) is 1.90. The summed E-state index contributed by atoms with van der Waals surface area (Å²) >= 11 is 0. The average Bonchev–Trinajstić information content (AvgIpc) is 1.87. The molecule has 0 unspecified atom stereocenters. The quantitative estimate of drug-likeness (QED) is 0.510. The Morgan fingerprint density at radius 2 is 2.43 bits per heavy atom. The highest BCUT2D eigenvalue weighted by molar-refractivity contribution is 5.34. The van der Waals surface area contributed by atoms with Gasteiger partial charge in [0.05, 0.1) is 0 Å². The van der Waals surface area contributed by atoms with E-state index in [2.05, 4.69) is 0 Å². The van der Waals surface area contributed by atoms with Crippen LogP contribution in [0.3, 0.4) is 0 Å². The van der Waals surface area contributed by atoms with Gasteiger partial charge in [0.1, 0.15) is 0 Å². The van der Waals surface area contributed by atoms with E-state index in [1.54, 1.807) is 6.07 Å². The molecule has 0 aliphatic rings. The smallest absolute Gasteiger partial charge is 0.0490 e. The maximum Gasteiger partial charge on any atom is 0.0490 e. The molecule has 7 heavy (non-hydrogen) atoms. The van der Waals surface area contributed by atoms with E-state index >= 15 is 0 Å². The summed E-state index contributed by atoms with van der Waals surface area (Å²) in [5.41, 5.74) is 5.67. The van der Waals surface area contributed by atoms with E-state index in [-0.39, 0.29) is 0 Å². The first kappa shape index (κ1) is 4.05. The molecule has 0 aromatic carbocycles. The van der Waals surface area contributed by atoms with E-state index in [0.29, 0.717) is 10.4 Å². The molecule has 1 heterocycles. The van der Waals surface area contributed by atoms with Crippen LogP contribution in [-0.4, -0.2) is 4.73 Å². The lowest BCUT2D eigenvalue weighted by Gasteiger charge is -2.00. The van der Waals surface area contributed by atoms with Gasteiger partial charge in [-0.15, -0.1) is 0 Å². The topological polar surface area (TPSA) is 54.0 Å². The van der Waals surface area contributed by atoms with E-state index < -0.39 is 0 Å². The van der Waals surface area contributed by atoms with Crippen LogP contribution in [0.4, 0.5) is 5.69 Å². The number of anilines is 1. The molecule has 0 bridgehead atoms. The van der Waals surface area contributed by atoms with Gasteiger partial charge in [0.15, 0.2) is 0 Å². The third-order valence-corrected chi connectivity index (χ3v) is 0.690. The van der Waals surface area contributed by atoms with Gasteiger partial charge < -0.3 is 15.7 Å². The Morgan fingerprint density at radius 1 is 1.71 bits per heavy atom. The van der Waals surface area contributed by atoms with Crippen LogP contribution in [0.15, 0.2) is 18.5 Å². The predicted molar refractivity (Wildman–Crippen MR) is 27.6 cm³/mol. The number of nitrogen functional groups attached to an aromatic ring is 1. The zero-order chi connectivity index (χ0) is 5.28. The van der Waals surface area contributed by atoms with Gasteiger partial charge in [0.25, 0.3) is 0 Å². The highest BCUT2D eigenvalue weighted by Gasteiger charge is 1.77. The van der Waals surface area contributed by atoms with Crippen LogP contribution in [0.25, 0.3) is 0 Å². The zero-order valence-electron chi connectivity index (χ0n) is 3.66. The minimum atomic E-state index is 0.509. The summed E-state index contributed by atoms with van der Waals surface area (Å²) < 4.78 is 0.662. The lowest BCUT2D eigenvalue weighted by atomic mass is 10.6. The minimum absolute atomic E-state index is 0.509. The van der Waals surface area contributed by atoms with Gasteiger partial charge in [-0.25, -0.2) is 0 Å². The van der Waals surface area contributed by atoms with Crippen LogP contribution in [-0.2, 0) is 0 Å². The van der Waals surface area contributed by atoms with Crippen molar-refractivity contribution in [3.8, 4) is 0 Å². The largest absolute Gasteiger partial charge is 0.806 e. The Balaban J connectivity index is 3.04. The molecule has 0 radical (unpaired) electrons. The first-order chi connectivity index (χ1) is 3.29. The molecule has 0 aliphatic heterocycles. The molecule has 2 N–H and O–H groups in total. The van der Waals surface area contributed by atoms with Crippen molar-refractivity contribution in [2.75, 3.05) is 5.73 Å². The van der Waals surface area contributed by atoms with Crippen molar-refractivity contribution in [1.82, 2.24) is 4.73 Å². The van der Waals surface area contributed by atoms with Crippen LogP contribution in [0.2, 0.25) is 0 Å². The molecule has 0 amide bonds. The first-order valence-corrected chi connectivity index (χ1v) is 1.90. The van der Waals surface area contributed by atoms with Crippen LogP contribution >= 0.6 is 0 Å². The zero-order valence-corrected chi connectivity index (χ0v) is 3.66. The molecule has 3 heteroatoms. The number of rotatable bonds is 0. The Kier molecular flexibility index (Phi) is 0.685. The Morgan fingerprint density at radius 3 is 2.57 bits per heavy atom. The summed E-state index contributed by atoms with van der Waals surface area (Å²) in [5.74, 6) is 0. The lowest BCUT2D eigenvalue weighted by Crippen LogP contribution is -1.79. The Hall–Kier alpha value is -1.12. The summed E-state index contributed by atoms with van der Waals surface area (Å²) in [6.07, 6.45) is 2.66. The van der Waals surface area contributed by atoms with Crippen LogP contribution < -0.4 is 5.73 Å².